The maximum atomic E-state index is 13.7. The summed E-state index contributed by atoms with van der Waals surface area (Å²) in [6.07, 6.45) is 0.488. The molecule has 0 aliphatic carbocycles. The highest BCUT2D eigenvalue weighted by Gasteiger charge is 2.08. The molecule has 2 aromatic rings. The molecule has 4 nitrogen and oxygen atoms in total. The van der Waals surface area contributed by atoms with Crippen LogP contribution in [0.5, 0.6) is 0 Å². The Bertz CT molecular complexity index is 666. The molecule has 0 saturated carbocycles. The lowest BCUT2D eigenvalue weighted by molar-refractivity contribution is 0.607. The number of nitrogens with zero attached hydrogens (tertiary/aromatic N) is 2. The summed E-state index contributed by atoms with van der Waals surface area (Å²) in [5, 5.41) is 7.82. The fourth-order valence-corrected chi connectivity index (χ4v) is 3.20. The lowest BCUT2D eigenvalue weighted by atomic mass is 10.1. The quantitative estimate of drug-likeness (QED) is 0.384. The van der Waals surface area contributed by atoms with Crippen LogP contribution in [0, 0.1) is 19.7 Å². The van der Waals surface area contributed by atoms with Gasteiger partial charge < -0.3 is 10.6 Å². The molecule has 0 saturated heterocycles. The van der Waals surface area contributed by atoms with Crippen molar-refractivity contribution in [2.75, 3.05) is 13.6 Å². The van der Waals surface area contributed by atoms with E-state index in [0.29, 0.717) is 36.1 Å². The molecule has 0 spiro atoms. The van der Waals surface area contributed by atoms with Gasteiger partial charge in [0.15, 0.2) is 5.96 Å². The van der Waals surface area contributed by atoms with Crippen LogP contribution in [0.2, 0.25) is 5.02 Å². The summed E-state index contributed by atoms with van der Waals surface area (Å²) in [5.74, 6) is 0.374. The first-order valence-electron chi connectivity index (χ1n) is 7.31. The fraction of sp³-hybridized carbons (Fsp3) is 0.375. The number of hydrogen-bond donors (Lipinski definition) is 2. The van der Waals surface area contributed by atoms with Gasteiger partial charge in [-0.3, -0.25) is 4.99 Å². The molecule has 0 aliphatic rings. The van der Waals surface area contributed by atoms with Crippen molar-refractivity contribution in [2.24, 2.45) is 4.99 Å². The van der Waals surface area contributed by atoms with Crippen molar-refractivity contribution < 1.29 is 4.39 Å². The summed E-state index contributed by atoms with van der Waals surface area (Å²) in [4.78, 5) is 9.85. The minimum atomic E-state index is -0.281. The van der Waals surface area contributed by atoms with Crippen molar-refractivity contribution in [3.8, 4) is 0 Å². The number of benzene rings is 1. The van der Waals surface area contributed by atoms with Gasteiger partial charge in [0.05, 0.1) is 12.2 Å². The average Bonchev–Trinajstić information content (AvgIpc) is 2.84. The molecule has 0 fully saturated rings. The van der Waals surface area contributed by atoms with E-state index in [9.17, 15) is 4.39 Å². The van der Waals surface area contributed by atoms with E-state index in [2.05, 4.69) is 27.5 Å². The SMILES string of the molecule is CN=C(NCCc1c(F)cccc1Cl)NCc1nc(C)c(C)s1.I. The Morgan fingerprint density at radius 3 is 2.67 bits per heavy atom. The number of rotatable bonds is 5. The predicted molar refractivity (Wildman–Crippen MR) is 110 cm³/mol. The van der Waals surface area contributed by atoms with Crippen LogP contribution < -0.4 is 10.6 Å². The molecule has 1 aromatic heterocycles. The average molecular weight is 483 g/mol. The number of nitrogens with one attached hydrogen (secondary N) is 2. The molecular weight excluding hydrogens is 462 g/mol. The van der Waals surface area contributed by atoms with Crippen molar-refractivity contribution in [3.63, 3.8) is 0 Å². The predicted octanol–water partition coefficient (Wildman–Crippen LogP) is 4.08. The summed E-state index contributed by atoms with van der Waals surface area (Å²) in [5.41, 5.74) is 1.58. The third-order valence-electron chi connectivity index (χ3n) is 3.43. The molecule has 0 aliphatic heterocycles. The molecule has 0 amide bonds. The van der Waals surface area contributed by atoms with Crippen LogP contribution >= 0.6 is 46.9 Å². The second kappa shape index (κ2) is 10.1. The van der Waals surface area contributed by atoms with Crippen LogP contribution in [0.15, 0.2) is 23.2 Å². The molecule has 132 valence electrons. The monoisotopic (exact) mass is 482 g/mol. The van der Waals surface area contributed by atoms with Gasteiger partial charge in [-0.25, -0.2) is 9.37 Å². The Morgan fingerprint density at radius 1 is 1.33 bits per heavy atom. The van der Waals surface area contributed by atoms with Crippen LogP contribution in [0.1, 0.15) is 21.1 Å². The highest BCUT2D eigenvalue weighted by molar-refractivity contribution is 14.0. The smallest absolute Gasteiger partial charge is 0.191 e. The van der Waals surface area contributed by atoms with E-state index in [1.165, 1.54) is 10.9 Å². The van der Waals surface area contributed by atoms with Crippen molar-refractivity contribution in [1.82, 2.24) is 15.6 Å². The Balaban J connectivity index is 0.00000288. The molecular formula is C16H21ClFIN4S. The van der Waals surface area contributed by atoms with Gasteiger partial charge in [0.1, 0.15) is 10.8 Å². The van der Waals surface area contributed by atoms with Crippen molar-refractivity contribution in [3.05, 3.63) is 50.2 Å². The first-order valence-corrected chi connectivity index (χ1v) is 8.51. The Kier molecular flexibility index (Phi) is 8.93. The molecule has 0 unspecified atom stereocenters. The molecule has 0 radical (unpaired) electrons. The first kappa shape index (κ1) is 21.1. The van der Waals surface area contributed by atoms with E-state index in [1.807, 2.05) is 6.92 Å². The van der Waals surface area contributed by atoms with Crippen LogP contribution in [0.4, 0.5) is 4.39 Å². The highest BCUT2D eigenvalue weighted by atomic mass is 127. The summed E-state index contributed by atoms with van der Waals surface area (Å²) < 4.78 is 13.7. The lowest BCUT2D eigenvalue weighted by Gasteiger charge is -2.11. The third-order valence-corrected chi connectivity index (χ3v) is 4.86. The molecule has 0 bridgehead atoms. The van der Waals surface area contributed by atoms with Gasteiger partial charge >= 0.3 is 0 Å². The van der Waals surface area contributed by atoms with Crippen molar-refractivity contribution in [1.29, 1.82) is 0 Å². The van der Waals surface area contributed by atoms with Gasteiger partial charge in [-0.15, -0.1) is 35.3 Å². The van der Waals surface area contributed by atoms with E-state index >= 15 is 0 Å². The number of hydrogen-bond acceptors (Lipinski definition) is 3. The first-order chi connectivity index (χ1) is 11.0. The second-order valence-corrected chi connectivity index (χ2v) is 6.75. The topological polar surface area (TPSA) is 49.3 Å². The minimum absolute atomic E-state index is 0. The van der Waals surface area contributed by atoms with Crippen LogP contribution in [0.3, 0.4) is 0 Å². The number of aryl methyl sites for hydroxylation is 2. The second-order valence-electron chi connectivity index (χ2n) is 5.05. The van der Waals surface area contributed by atoms with Crippen LogP contribution in [0.25, 0.3) is 0 Å². The molecule has 2 rings (SSSR count). The van der Waals surface area contributed by atoms with Crippen molar-refractivity contribution in [2.45, 2.75) is 26.8 Å². The zero-order valence-corrected chi connectivity index (χ0v) is 17.7. The molecule has 24 heavy (non-hydrogen) atoms. The summed E-state index contributed by atoms with van der Waals surface area (Å²) >= 11 is 7.68. The Hall–Kier alpha value is -0.930. The summed E-state index contributed by atoms with van der Waals surface area (Å²) in [6.45, 7) is 5.21. The van der Waals surface area contributed by atoms with E-state index < -0.39 is 0 Å². The third kappa shape index (κ3) is 5.86. The van der Waals surface area contributed by atoms with Crippen LogP contribution in [-0.4, -0.2) is 24.5 Å². The van der Waals surface area contributed by atoms with Gasteiger partial charge in [-0.05, 0) is 32.4 Å². The van der Waals surface area contributed by atoms with E-state index in [0.717, 1.165) is 10.7 Å². The van der Waals surface area contributed by atoms with Gasteiger partial charge in [0.2, 0.25) is 0 Å². The van der Waals surface area contributed by atoms with Gasteiger partial charge in [-0.1, -0.05) is 17.7 Å². The Labute approximate surface area is 168 Å². The lowest BCUT2D eigenvalue weighted by Crippen LogP contribution is -2.37. The van der Waals surface area contributed by atoms with Gasteiger partial charge in [0, 0.05) is 29.1 Å². The largest absolute Gasteiger partial charge is 0.356 e. The molecule has 1 heterocycles. The molecule has 0 atom stereocenters. The normalized spacial score (nSPS) is 11.1. The number of guanidine groups is 1. The summed E-state index contributed by atoms with van der Waals surface area (Å²) in [6, 6.07) is 4.72. The maximum Gasteiger partial charge on any atom is 0.191 e. The van der Waals surface area contributed by atoms with Gasteiger partial charge in [-0.2, -0.15) is 0 Å². The number of aromatic nitrogens is 1. The zero-order valence-electron chi connectivity index (χ0n) is 13.8. The minimum Gasteiger partial charge on any atom is -0.356 e. The molecule has 2 N–H and O–H groups in total. The highest BCUT2D eigenvalue weighted by Crippen LogP contribution is 2.19. The van der Waals surface area contributed by atoms with Gasteiger partial charge in [0.25, 0.3) is 0 Å². The number of halogens is 3. The number of aliphatic imine (C=N–C) groups is 1. The fourth-order valence-electron chi connectivity index (χ4n) is 2.07. The van der Waals surface area contributed by atoms with Crippen LogP contribution in [-0.2, 0) is 13.0 Å². The van der Waals surface area contributed by atoms with E-state index in [-0.39, 0.29) is 29.8 Å². The molecule has 1 aromatic carbocycles. The van der Waals surface area contributed by atoms with E-state index in [1.54, 1.807) is 30.5 Å². The molecule has 8 heteroatoms. The zero-order chi connectivity index (χ0) is 16.8. The Morgan fingerprint density at radius 2 is 2.08 bits per heavy atom. The standard InChI is InChI=1S/C16H20ClFN4S.HI/c1-10-11(2)23-15(22-10)9-21-16(19-3)20-8-7-12-13(17)5-4-6-14(12)18;/h4-6H,7-9H2,1-3H3,(H2,19,20,21);1H. The maximum absolute atomic E-state index is 13.7. The van der Waals surface area contributed by atoms with Crippen molar-refractivity contribution >= 4 is 52.9 Å². The number of thiazole rings is 1. The summed E-state index contributed by atoms with van der Waals surface area (Å²) in [7, 11) is 1.70. The van der Waals surface area contributed by atoms with E-state index in [4.69, 9.17) is 11.6 Å².